The van der Waals surface area contributed by atoms with Crippen LogP contribution in [0.2, 0.25) is 5.02 Å². The van der Waals surface area contributed by atoms with Crippen LogP contribution in [0.5, 0.6) is 0 Å². The van der Waals surface area contributed by atoms with E-state index in [9.17, 15) is 13.2 Å². The fourth-order valence-electron chi connectivity index (χ4n) is 3.32. The molecule has 1 atom stereocenters. The smallest absolute Gasteiger partial charge is 0.241 e. The van der Waals surface area contributed by atoms with E-state index >= 15 is 0 Å². The average Bonchev–Trinajstić information content (AvgIpc) is 2.69. The second-order valence-electron chi connectivity index (χ2n) is 7.18. The van der Waals surface area contributed by atoms with Gasteiger partial charge in [0.25, 0.3) is 0 Å². The lowest BCUT2D eigenvalue weighted by atomic mass is 10.1. The Bertz CT molecular complexity index is 958. The summed E-state index contributed by atoms with van der Waals surface area (Å²) >= 11 is 5.93. The van der Waals surface area contributed by atoms with Crippen molar-refractivity contribution in [3.8, 4) is 0 Å². The number of piperazine rings is 1. The normalized spacial score (nSPS) is 17.1. The van der Waals surface area contributed by atoms with E-state index < -0.39 is 10.0 Å². The van der Waals surface area contributed by atoms with E-state index in [1.165, 1.54) is 17.7 Å². The first-order chi connectivity index (χ1) is 13.7. The van der Waals surface area contributed by atoms with E-state index in [4.69, 9.17) is 16.7 Å². The van der Waals surface area contributed by atoms with Crippen molar-refractivity contribution in [2.45, 2.75) is 24.4 Å². The van der Waals surface area contributed by atoms with E-state index in [0.717, 1.165) is 37.7 Å². The molecule has 1 unspecified atom stereocenters. The van der Waals surface area contributed by atoms with Crippen molar-refractivity contribution < 1.29 is 13.2 Å². The first-order valence-electron chi connectivity index (χ1n) is 9.37. The first kappa shape index (κ1) is 21.7. The summed E-state index contributed by atoms with van der Waals surface area (Å²) in [7, 11) is -3.81. The molecule has 1 aliphatic rings. The van der Waals surface area contributed by atoms with Gasteiger partial charge in [0.05, 0.1) is 10.9 Å². The molecule has 29 heavy (non-hydrogen) atoms. The van der Waals surface area contributed by atoms with Crippen molar-refractivity contribution in [1.82, 2.24) is 9.80 Å². The fourth-order valence-corrected chi connectivity index (χ4v) is 4.01. The molecule has 0 radical (unpaired) electrons. The number of amides is 1. The largest absolute Gasteiger partial charge is 0.325 e. The number of nitrogens with zero attached hydrogens (tertiary/aromatic N) is 2. The number of hydrogen-bond donors (Lipinski definition) is 2. The van der Waals surface area contributed by atoms with Gasteiger partial charge < -0.3 is 5.32 Å². The van der Waals surface area contributed by atoms with Crippen LogP contribution >= 0.6 is 11.6 Å². The summed E-state index contributed by atoms with van der Waals surface area (Å²) in [5.41, 5.74) is 1.62. The van der Waals surface area contributed by atoms with Gasteiger partial charge in [0.15, 0.2) is 0 Å². The van der Waals surface area contributed by atoms with Crippen molar-refractivity contribution in [3.63, 3.8) is 0 Å². The van der Waals surface area contributed by atoms with E-state index in [-0.39, 0.29) is 16.8 Å². The molecule has 0 saturated carbocycles. The van der Waals surface area contributed by atoms with Gasteiger partial charge >= 0.3 is 0 Å². The fraction of sp³-hybridized carbons (Fsp3) is 0.350. The number of rotatable bonds is 6. The number of carbonyl (C=O) groups is 1. The van der Waals surface area contributed by atoms with Crippen LogP contribution in [-0.2, 0) is 21.4 Å². The van der Waals surface area contributed by atoms with Crippen molar-refractivity contribution in [3.05, 3.63) is 59.1 Å². The second-order valence-corrected chi connectivity index (χ2v) is 9.17. The highest BCUT2D eigenvalue weighted by Crippen LogP contribution is 2.17. The minimum atomic E-state index is -3.81. The molecule has 0 aliphatic carbocycles. The summed E-state index contributed by atoms with van der Waals surface area (Å²) in [4.78, 5) is 17.1. The van der Waals surface area contributed by atoms with Gasteiger partial charge in [-0.1, -0.05) is 29.8 Å². The number of hydrogen-bond acceptors (Lipinski definition) is 5. The maximum Gasteiger partial charge on any atom is 0.241 e. The summed E-state index contributed by atoms with van der Waals surface area (Å²) < 4.78 is 23.0. The van der Waals surface area contributed by atoms with E-state index in [0.29, 0.717) is 5.69 Å². The number of nitrogens with one attached hydrogen (secondary N) is 1. The lowest BCUT2D eigenvalue weighted by Crippen LogP contribution is -2.52. The Morgan fingerprint density at radius 3 is 2.41 bits per heavy atom. The van der Waals surface area contributed by atoms with Crippen LogP contribution in [0.4, 0.5) is 5.69 Å². The molecular weight excluding hydrogens is 412 g/mol. The van der Waals surface area contributed by atoms with Gasteiger partial charge in [-0.2, -0.15) is 0 Å². The van der Waals surface area contributed by atoms with Gasteiger partial charge in [-0.25, -0.2) is 13.6 Å². The Kier molecular flexibility index (Phi) is 6.92. The third kappa shape index (κ3) is 6.01. The summed E-state index contributed by atoms with van der Waals surface area (Å²) in [5.74, 6) is -0.178. The Hall–Kier alpha value is -1.97. The Labute approximate surface area is 176 Å². The minimum absolute atomic E-state index is 0.0289. The van der Waals surface area contributed by atoms with E-state index in [2.05, 4.69) is 15.1 Å². The third-order valence-electron chi connectivity index (χ3n) is 5.08. The quantitative estimate of drug-likeness (QED) is 0.723. The molecule has 2 aromatic carbocycles. The minimum Gasteiger partial charge on any atom is -0.325 e. The van der Waals surface area contributed by atoms with E-state index in [1.807, 2.05) is 31.2 Å². The molecule has 2 aromatic rings. The van der Waals surface area contributed by atoms with Crippen molar-refractivity contribution >= 4 is 33.2 Å². The number of carbonyl (C=O) groups excluding carboxylic acids is 1. The highest BCUT2D eigenvalue weighted by molar-refractivity contribution is 7.89. The number of primary sulfonamides is 1. The van der Waals surface area contributed by atoms with Crippen LogP contribution in [0.1, 0.15) is 12.5 Å². The van der Waals surface area contributed by atoms with Gasteiger partial charge in [-0.15, -0.1) is 0 Å². The van der Waals surface area contributed by atoms with Gasteiger partial charge in [0.1, 0.15) is 0 Å². The van der Waals surface area contributed by atoms with Crippen molar-refractivity contribution in [2.24, 2.45) is 5.14 Å². The second kappa shape index (κ2) is 9.23. The predicted octanol–water partition coefficient (Wildman–Crippen LogP) is 2.13. The van der Waals surface area contributed by atoms with Gasteiger partial charge in [-0.05, 0) is 42.8 Å². The number of sulfonamides is 1. The molecule has 1 heterocycles. The Balaban J connectivity index is 1.53. The highest BCUT2D eigenvalue weighted by atomic mass is 35.5. The Morgan fingerprint density at radius 2 is 1.79 bits per heavy atom. The molecule has 156 valence electrons. The van der Waals surface area contributed by atoms with Crippen molar-refractivity contribution in [2.75, 3.05) is 31.5 Å². The molecule has 1 fully saturated rings. The molecule has 0 spiro atoms. The molecule has 1 amide bonds. The molecular formula is C20H25ClN4O3S. The zero-order valence-corrected chi connectivity index (χ0v) is 17.8. The summed E-state index contributed by atoms with van der Waals surface area (Å²) in [6, 6.07) is 13.5. The number of benzene rings is 2. The van der Waals surface area contributed by atoms with Crippen LogP contribution in [0.15, 0.2) is 53.4 Å². The molecule has 1 saturated heterocycles. The summed E-state index contributed by atoms with van der Waals surface area (Å²) in [6.45, 7) is 5.99. The molecule has 0 bridgehead atoms. The third-order valence-corrected chi connectivity index (χ3v) is 6.25. The molecule has 3 N–H and O–H groups in total. The van der Waals surface area contributed by atoms with Crippen LogP contribution in [0.3, 0.4) is 0 Å². The Morgan fingerprint density at radius 1 is 1.14 bits per heavy atom. The number of nitrogens with two attached hydrogens (primary N) is 1. The maximum atomic E-state index is 12.6. The van der Waals surface area contributed by atoms with Gasteiger partial charge in [0.2, 0.25) is 15.9 Å². The average molecular weight is 437 g/mol. The number of anilines is 1. The maximum absolute atomic E-state index is 12.6. The van der Waals surface area contributed by atoms with E-state index in [1.54, 1.807) is 12.1 Å². The number of halogens is 1. The molecule has 3 rings (SSSR count). The zero-order chi connectivity index (χ0) is 21.0. The summed E-state index contributed by atoms with van der Waals surface area (Å²) in [6.07, 6.45) is 0. The van der Waals surface area contributed by atoms with Crippen LogP contribution in [0, 0.1) is 0 Å². The lowest BCUT2D eigenvalue weighted by molar-refractivity contribution is -0.121. The molecule has 9 heteroatoms. The van der Waals surface area contributed by atoms with Gasteiger partial charge in [0, 0.05) is 43.4 Å². The standard InChI is InChI=1S/C20H25ClN4O3S/c1-15(20(26)23-18-3-2-4-19(13-18)29(22,27)28)25-11-9-24(10-12-25)14-16-5-7-17(21)8-6-16/h2-8,13,15H,9-12,14H2,1H3,(H,23,26)(H2,22,27,28). The van der Waals surface area contributed by atoms with Crippen LogP contribution in [0.25, 0.3) is 0 Å². The molecule has 1 aliphatic heterocycles. The molecule has 0 aromatic heterocycles. The lowest BCUT2D eigenvalue weighted by Gasteiger charge is -2.37. The first-order valence-corrected chi connectivity index (χ1v) is 11.3. The van der Waals surface area contributed by atoms with Gasteiger partial charge in [-0.3, -0.25) is 14.6 Å². The molecule has 7 nitrogen and oxygen atoms in total. The zero-order valence-electron chi connectivity index (χ0n) is 16.2. The monoisotopic (exact) mass is 436 g/mol. The van der Waals surface area contributed by atoms with Crippen LogP contribution in [-0.4, -0.2) is 56.3 Å². The highest BCUT2D eigenvalue weighted by Gasteiger charge is 2.25. The SMILES string of the molecule is CC(C(=O)Nc1cccc(S(N)(=O)=O)c1)N1CCN(Cc2ccc(Cl)cc2)CC1. The predicted molar refractivity (Wildman–Crippen MR) is 114 cm³/mol. The topological polar surface area (TPSA) is 95.7 Å². The summed E-state index contributed by atoms with van der Waals surface area (Å²) in [5, 5.41) is 8.66. The van der Waals surface area contributed by atoms with Crippen LogP contribution < -0.4 is 10.5 Å². The van der Waals surface area contributed by atoms with Crippen molar-refractivity contribution in [1.29, 1.82) is 0 Å².